The highest BCUT2D eigenvalue weighted by molar-refractivity contribution is 8.13. The Balaban J connectivity index is 2.40. The summed E-state index contributed by atoms with van der Waals surface area (Å²) in [4.78, 5) is 11.3. The fraction of sp³-hybridized carbons (Fsp3) is 0.417. The van der Waals surface area contributed by atoms with E-state index >= 15 is 0 Å². The second-order valence-corrected chi connectivity index (χ2v) is 6.86. The Hall–Kier alpha value is -1.28. The molecule has 21 heavy (non-hydrogen) atoms. The lowest BCUT2D eigenvalue weighted by Crippen LogP contribution is -2.28. The summed E-state index contributed by atoms with van der Waals surface area (Å²) in [5.41, 5.74) is 0.685. The van der Waals surface area contributed by atoms with Crippen LogP contribution in [0.3, 0.4) is 0 Å². The summed E-state index contributed by atoms with van der Waals surface area (Å²) in [6.45, 7) is -0.453. The molecule has 1 aromatic carbocycles. The van der Waals surface area contributed by atoms with Gasteiger partial charge in [-0.25, -0.2) is 8.42 Å². The molecule has 0 atom stereocenters. The number of hydrogen-bond donors (Lipinski definition) is 1. The molecule has 1 N–H and O–H groups in total. The number of amides is 1. The van der Waals surface area contributed by atoms with Crippen molar-refractivity contribution < 1.29 is 26.4 Å². The summed E-state index contributed by atoms with van der Waals surface area (Å²) < 4.78 is 57.7. The third kappa shape index (κ3) is 7.33. The van der Waals surface area contributed by atoms with Crippen LogP contribution in [-0.4, -0.2) is 27.0 Å². The van der Waals surface area contributed by atoms with Crippen molar-refractivity contribution in [2.24, 2.45) is 0 Å². The molecule has 1 amide bonds. The molecule has 0 spiro atoms. The maximum Gasteiger partial charge on any atom is 0.390 e. The zero-order valence-corrected chi connectivity index (χ0v) is 12.4. The summed E-state index contributed by atoms with van der Waals surface area (Å²) >= 11 is 0. The van der Waals surface area contributed by atoms with Gasteiger partial charge in [0.05, 0.1) is 11.3 Å². The van der Waals surface area contributed by atoms with Gasteiger partial charge in [0.2, 0.25) is 5.91 Å². The number of benzene rings is 1. The fourth-order valence-electron chi connectivity index (χ4n) is 1.51. The van der Waals surface area contributed by atoms with Crippen LogP contribution in [0.25, 0.3) is 0 Å². The van der Waals surface area contributed by atoms with Crippen LogP contribution in [0.5, 0.6) is 0 Å². The van der Waals surface area contributed by atoms with Gasteiger partial charge in [0.25, 0.3) is 9.05 Å². The van der Waals surface area contributed by atoms with Crippen LogP contribution < -0.4 is 5.32 Å². The Labute approximate surface area is 124 Å². The molecule has 0 aromatic heterocycles. The SMILES string of the molecule is O=C(CCc1ccc(S(=O)(=O)Cl)cc1)NCCC(F)(F)F. The molecule has 118 valence electrons. The number of alkyl halides is 3. The zero-order valence-electron chi connectivity index (χ0n) is 10.8. The van der Waals surface area contributed by atoms with Gasteiger partial charge in [0.1, 0.15) is 0 Å². The number of halogens is 4. The van der Waals surface area contributed by atoms with Gasteiger partial charge in [-0.15, -0.1) is 0 Å². The van der Waals surface area contributed by atoms with Crippen LogP contribution in [0.2, 0.25) is 0 Å². The number of aryl methyl sites for hydroxylation is 1. The van der Waals surface area contributed by atoms with Crippen molar-refractivity contribution in [1.29, 1.82) is 0 Å². The fourth-order valence-corrected chi connectivity index (χ4v) is 2.28. The van der Waals surface area contributed by atoms with E-state index < -0.39 is 34.1 Å². The van der Waals surface area contributed by atoms with Crippen LogP contribution in [0.4, 0.5) is 13.2 Å². The van der Waals surface area contributed by atoms with Crippen LogP contribution >= 0.6 is 10.7 Å². The van der Waals surface area contributed by atoms with Crippen molar-refractivity contribution in [3.05, 3.63) is 29.8 Å². The molecular formula is C12H13ClF3NO3S. The summed E-state index contributed by atoms with van der Waals surface area (Å²) in [7, 11) is 1.36. The van der Waals surface area contributed by atoms with Crippen molar-refractivity contribution in [3.8, 4) is 0 Å². The van der Waals surface area contributed by atoms with E-state index in [1.165, 1.54) is 24.3 Å². The van der Waals surface area contributed by atoms with Gasteiger partial charge in [-0.2, -0.15) is 13.2 Å². The van der Waals surface area contributed by atoms with Gasteiger partial charge in [-0.3, -0.25) is 4.79 Å². The third-order valence-electron chi connectivity index (χ3n) is 2.58. The Morgan fingerprint density at radius 3 is 2.24 bits per heavy atom. The summed E-state index contributed by atoms with van der Waals surface area (Å²) in [5.74, 6) is -0.492. The highest BCUT2D eigenvalue weighted by Crippen LogP contribution is 2.18. The van der Waals surface area contributed by atoms with Crippen LogP contribution in [0.15, 0.2) is 29.2 Å². The average Bonchev–Trinajstić information content (AvgIpc) is 2.34. The lowest BCUT2D eigenvalue weighted by atomic mass is 10.1. The topological polar surface area (TPSA) is 63.2 Å². The number of carbonyl (C=O) groups excluding carboxylic acids is 1. The standard InChI is InChI=1S/C12H13ClF3NO3S/c13-21(19,20)10-4-1-9(2-5-10)3-6-11(18)17-8-7-12(14,15)16/h1-2,4-5H,3,6-8H2,(H,17,18). The first-order chi connectivity index (χ1) is 9.58. The molecule has 0 heterocycles. The van der Waals surface area contributed by atoms with Gasteiger partial charge in [0, 0.05) is 23.6 Å². The molecule has 1 aromatic rings. The second kappa shape index (κ2) is 7.13. The molecular weight excluding hydrogens is 331 g/mol. The molecule has 1 rings (SSSR count). The van der Waals surface area contributed by atoms with E-state index in [0.717, 1.165) is 0 Å². The molecule has 0 saturated carbocycles. The highest BCUT2D eigenvalue weighted by atomic mass is 35.7. The minimum absolute atomic E-state index is 0.0187. The summed E-state index contributed by atoms with van der Waals surface area (Å²) in [6.07, 6.45) is -5.05. The van der Waals surface area contributed by atoms with Gasteiger partial charge >= 0.3 is 6.18 Å². The van der Waals surface area contributed by atoms with Crippen LogP contribution in [0, 0.1) is 0 Å². The molecule has 0 radical (unpaired) electrons. The molecule has 4 nitrogen and oxygen atoms in total. The largest absolute Gasteiger partial charge is 0.390 e. The number of nitrogens with one attached hydrogen (secondary N) is 1. The number of carbonyl (C=O) groups is 1. The monoisotopic (exact) mass is 343 g/mol. The molecule has 0 saturated heterocycles. The lowest BCUT2D eigenvalue weighted by molar-refractivity contribution is -0.135. The Morgan fingerprint density at radius 2 is 1.76 bits per heavy atom. The molecule has 9 heteroatoms. The predicted octanol–water partition coefficient (Wildman–Crippen LogP) is 2.62. The molecule has 0 unspecified atom stereocenters. The van der Waals surface area contributed by atoms with E-state index in [2.05, 4.69) is 5.32 Å². The second-order valence-electron chi connectivity index (χ2n) is 4.30. The Bertz CT molecular complexity index is 585. The summed E-state index contributed by atoms with van der Waals surface area (Å²) in [5, 5.41) is 2.17. The number of rotatable bonds is 6. The minimum Gasteiger partial charge on any atom is -0.356 e. The van der Waals surface area contributed by atoms with Gasteiger partial charge in [-0.1, -0.05) is 12.1 Å². The van der Waals surface area contributed by atoms with Crippen molar-refractivity contribution in [3.63, 3.8) is 0 Å². The maximum absolute atomic E-state index is 11.9. The van der Waals surface area contributed by atoms with Crippen molar-refractivity contribution in [1.82, 2.24) is 5.32 Å². The van der Waals surface area contributed by atoms with E-state index in [9.17, 15) is 26.4 Å². The van der Waals surface area contributed by atoms with Crippen LogP contribution in [-0.2, 0) is 20.3 Å². The first kappa shape index (κ1) is 17.8. The normalized spacial score (nSPS) is 12.2. The van der Waals surface area contributed by atoms with E-state index in [1.807, 2.05) is 0 Å². The van der Waals surface area contributed by atoms with Crippen LogP contribution in [0.1, 0.15) is 18.4 Å². The summed E-state index contributed by atoms with van der Waals surface area (Å²) in [6, 6.07) is 5.61. The molecule has 0 aliphatic carbocycles. The van der Waals surface area contributed by atoms with Gasteiger partial charge in [-0.05, 0) is 24.1 Å². The molecule has 0 bridgehead atoms. The molecule has 0 aliphatic heterocycles. The van der Waals surface area contributed by atoms with E-state index in [0.29, 0.717) is 12.0 Å². The lowest BCUT2D eigenvalue weighted by Gasteiger charge is -2.08. The van der Waals surface area contributed by atoms with E-state index in [1.54, 1.807) is 0 Å². The number of hydrogen-bond acceptors (Lipinski definition) is 3. The van der Waals surface area contributed by atoms with E-state index in [-0.39, 0.29) is 11.3 Å². The first-order valence-corrected chi connectivity index (χ1v) is 8.26. The molecule has 0 fully saturated rings. The predicted molar refractivity (Wildman–Crippen MR) is 71.5 cm³/mol. The first-order valence-electron chi connectivity index (χ1n) is 5.95. The quantitative estimate of drug-likeness (QED) is 0.808. The molecule has 0 aliphatic rings. The minimum atomic E-state index is -4.30. The maximum atomic E-state index is 11.9. The van der Waals surface area contributed by atoms with Crippen molar-refractivity contribution >= 4 is 25.6 Å². The van der Waals surface area contributed by atoms with E-state index in [4.69, 9.17) is 10.7 Å². The highest BCUT2D eigenvalue weighted by Gasteiger charge is 2.26. The van der Waals surface area contributed by atoms with Crippen molar-refractivity contribution in [2.45, 2.75) is 30.3 Å². The van der Waals surface area contributed by atoms with Gasteiger partial charge in [0.15, 0.2) is 0 Å². The smallest absolute Gasteiger partial charge is 0.356 e. The average molecular weight is 344 g/mol. The zero-order chi connectivity index (χ0) is 16.1. The van der Waals surface area contributed by atoms with Crippen molar-refractivity contribution in [2.75, 3.05) is 6.54 Å². The Morgan fingerprint density at radius 1 is 1.19 bits per heavy atom. The Kier molecular flexibility index (Phi) is 6.03. The van der Waals surface area contributed by atoms with Gasteiger partial charge < -0.3 is 5.32 Å². The third-order valence-corrected chi connectivity index (χ3v) is 3.95.